The summed E-state index contributed by atoms with van der Waals surface area (Å²) in [5, 5.41) is 13.2. The Kier molecular flexibility index (Phi) is 8.16. The number of aromatic nitrogens is 1. The van der Waals surface area contributed by atoms with E-state index in [2.05, 4.69) is 34.3 Å². The highest BCUT2D eigenvalue weighted by atomic mass is 32.1. The average Bonchev–Trinajstić information content (AvgIpc) is 3.26. The van der Waals surface area contributed by atoms with Crippen molar-refractivity contribution in [2.45, 2.75) is 51.5 Å². The number of aryl methyl sites for hydroxylation is 2. The molecular weight excluding hydrogens is 420 g/mol. The number of piperidine rings is 2. The van der Waals surface area contributed by atoms with Gasteiger partial charge in [-0.25, -0.2) is 4.98 Å². The number of rotatable bonds is 8. The van der Waals surface area contributed by atoms with E-state index in [-0.39, 0.29) is 18.4 Å². The Bertz CT molecular complexity index is 861. The fraction of sp³-hybridized carbons (Fsp3) is 0.600. The number of carbonyl (C=O) groups excluding carboxylic acids is 1. The highest BCUT2D eigenvalue weighted by molar-refractivity contribution is 7.09. The maximum Gasteiger partial charge on any atom is 0.253 e. The molecule has 4 rings (SSSR count). The van der Waals surface area contributed by atoms with Crippen LogP contribution in [0.3, 0.4) is 0 Å². The summed E-state index contributed by atoms with van der Waals surface area (Å²) in [5.41, 5.74) is 5.07. The summed E-state index contributed by atoms with van der Waals surface area (Å²) >= 11 is 1.77. The number of benzene rings is 1. The van der Waals surface area contributed by atoms with Gasteiger partial charge in [0.05, 0.1) is 11.2 Å². The van der Waals surface area contributed by atoms with Crippen molar-refractivity contribution in [3.63, 3.8) is 0 Å². The van der Waals surface area contributed by atoms with Gasteiger partial charge in [-0.1, -0.05) is 0 Å². The molecule has 0 bridgehead atoms. The van der Waals surface area contributed by atoms with Gasteiger partial charge in [-0.05, 0) is 82.2 Å². The van der Waals surface area contributed by atoms with Gasteiger partial charge < -0.3 is 20.2 Å². The van der Waals surface area contributed by atoms with Crippen molar-refractivity contribution >= 4 is 22.9 Å². The molecular formula is C25H36N4O2S. The molecule has 2 saturated heterocycles. The van der Waals surface area contributed by atoms with E-state index in [1.807, 2.05) is 22.5 Å². The normalized spacial score (nSPS) is 20.0. The SMILES string of the molecule is Cc1ncsc1CCCNC1CCN(c2ccc(C(=O)N3CCCC(CO)C3)cc2)CC1. The molecule has 1 amide bonds. The number of hydrogen-bond donors (Lipinski definition) is 2. The smallest absolute Gasteiger partial charge is 0.253 e. The highest BCUT2D eigenvalue weighted by Gasteiger charge is 2.24. The van der Waals surface area contributed by atoms with Gasteiger partial charge in [-0.3, -0.25) is 4.79 Å². The van der Waals surface area contributed by atoms with Crippen molar-refractivity contribution < 1.29 is 9.90 Å². The Morgan fingerprint density at radius 3 is 2.66 bits per heavy atom. The molecule has 2 fully saturated rings. The number of aliphatic hydroxyl groups excluding tert-OH is 1. The van der Waals surface area contributed by atoms with E-state index >= 15 is 0 Å². The number of thiazole rings is 1. The number of nitrogens with zero attached hydrogens (tertiary/aromatic N) is 3. The lowest BCUT2D eigenvalue weighted by Crippen LogP contribution is -2.43. The summed E-state index contributed by atoms with van der Waals surface area (Å²) in [6.07, 6.45) is 6.56. The van der Waals surface area contributed by atoms with Crippen molar-refractivity contribution in [2.24, 2.45) is 5.92 Å². The van der Waals surface area contributed by atoms with Crippen LogP contribution in [-0.2, 0) is 6.42 Å². The van der Waals surface area contributed by atoms with Crippen molar-refractivity contribution in [3.8, 4) is 0 Å². The van der Waals surface area contributed by atoms with Crippen molar-refractivity contribution in [1.82, 2.24) is 15.2 Å². The molecule has 32 heavy (non-hydrogen) atoms. The molecule has 1 aromatic carbocycles. The third-order valence-electron chi connectivity index (χ3n) is 6.90. The summed E-state index contributed by atoms with van der Waals surface area (Å²) in [7, 11) is 0. The molecule has 7 heteroatoms. The van der Waals surface area contributed by atoms with Crippen LogP contribution in [0.25, 0.3) is 0 Å². The largest absolute Gasteiger partial charge is 0.396 e. The van der Waals surface area contributed by atoms with E-state index in [9.17, 15) is 9.90 Å². The first kappa shape index (κ1) is 23.2. The Labute approximate surface area is 195 Å². The molecule has 0 saturated carbocycles. The number of carbonyl (C=O) groups is 1. The van der Waals surface area contributed by atoms with Gasteiger partial charge in [0.2, 0.25) is 0 Å². The third-order valence-corrected chi connectivity index (χ3v) is 7.89. The van der Waals surface area contributed by atoms with Crippen LogP contribution in [0.4, 0.5) is 5.69 Å². The minimum Gasteiger partial charge on any atom is -0.396 e. The molecule has 2 aromatic rings. The molecule has 6 nitrogen and oxygen atoms in total. The standard InChI is InChI=1S/C25H36N4O2S/c1-19-24(32-18-27-19)5-2-12-26-22-10-14-28(15-11-22)23-8-6-21(7-9-23)25(31)29-13-3-4-20(16-29)17-30/h6-9,18,20,22,26,30H,2-5,10-17H2,1H3. The Morgan fingerprint density at radius 1 is 1.19 bits per heavy atom. The van der Waals surface area contributed by atoms with E-state index in [0.717, 1.165) is 70.3 Å². The molecule has 1 atom stereocenters. The molecule has 0 aliphatic carbocycles. The number of likely N-dealkylation sites (tertiary alicyclic amines) is 1. The van der Waals surface area contributed by atoms with Crippen LogP contribution in [0.5, 0.6) is 0 Å². The van der Waals surface area contributed by atoms with Gasteiger partial charge >= 0.3 is 0 Å². The fourth-order valence-electron chi connectivity index (χ4n) is 4.86. The molecule has 0 spiro atoms. The van der Waals surface area contributed by atoms with Gasteiger partial charge in [0.15, 0.2) is 0 Å². The molecule has 2 aliphatic heterocycles. The van der Waals surface area contributed by atoms with Crippen molar-refractivity contribution in [2.75, 3.05) is 44.2 Å². The third kappa shape index (κ3) is 5.88. The van der Waals surface area contributed by atoms with E-state index in [1.165, 1.54) is 16.3 Å². The lowest BCUT2D eigenvalue weighted by atomic mass is 9.98. The number of aliphatic hydroxyl groups is 1. The van der Waals surface area contributed by atoms with Crippen molar-refractivity contribution in [1.29, 1.82) is 0 Å². The second-order valence-corrected chi connectivity index (χ2v) is 10.1. The maximum absolute atomic E-state index is 12.8. The number of nitrogens with one attached hydrogen (secondary N) is 1. The first-order valence-electron chi connectivity index (χ1n) is 12.0. The molecule has 0 radical (unpaired) electrons. The van der Waals surface area contributed by atoms with Crippen LogP contribution < -0.4 is 10.2 Å². The predicted molar refractivity (Wildman–Crippen MR) is 131 cm³/mol. The second kappa shape index (κ2) is 11.3. The summed E-state index contributed by atoms with van der Waals surface area (Å²) in [6, 6.07) is 8.70. The topological polar surface area (TPSA) is 68.7 Å². The van der Waals surface area contributed by atoms with E-state index in [0.29, 0.717) is 12.6 Å². The number of amides is 1. The quantitative estimate of drug-likeness (QED) is 0.595. The zero-order valence-corrected chi connectivity index (χ0v) is 19.9. The Morgan fingerprint density at radius 2 is 1.97 bits per heavy atom. The summed E-state index contributed by atoms with van der Waals surface area (Å²) in [5.74, 6) is 0.310. The lowest BCUT2D eigenvalue weighted by molar-refractivity contribution is 0.0620. The van der Waals surface area contributed by atoms with Crippen LogP contribution >= 0.6 is 11.3 Å². The molecule has 3 heterocycles. The first-order chi connectivity index (χ1) is 15.6. The van der Waals surface area contributed by atoms with Crippen LogP contribution in [-0.4, -0.2) is 66.3 Å². The van der Waals surface area contributed by atoms with Crippen LogP contribution in [0.15, 0.2) is 29.8 Å². The zero-order chi connectivity index (χ0) is 22.3. The summed E-state index contributed by atoms with van der Waals surface area (Å²) < 4.78 is 0. The Balaban J connectivity index is 1.20. The monoisotopic (exact) mass is 456 g/mol. The average molecular weight is 457 g/mol. The molecule has 2 N–H and O–H groups in total. The predicted octanol–water partition coefficient (Wildman–Crippen LogP) is 3.49. The number of anilines is 1. The minimum atomic E-state index is 0.0890. The first-order valence-corrected chi connectivity index (χ1v) is 12.9. The zero-order valence-electron chi connectivity index (χ0n) is 19.1. The number of hydrogen-bond acceptors (Lipinski definition) is 6. The summed E-state index contributed by atoms with van der Waals surface area (Å²) in [4.78, 5) is 22.9. The van der Waals surface area contributed by atoms with E-state index in [4.69, 9.17) is 0 Å². The fourth-order valence-corrected chi connectivity index (χ4v) is 5.68. The molecule has 2 aliphatic rings. The maximum atomic E-state index is 12.8. The molecule has 1 aromatic heterocycles. The summed E-state index contributed by atoms with van der Waals surface area (Å²) in [6.45, 7) is 6.87. The van der Waals surface area contributed by atoms with Gasteiger partial charge in [0.1, 0.15) is 0 Å². The van der Waals surface area contributed by atoms with Crippen LogP contribution in [0.2, 0.25) is 0 Å². The van der Waals surface area contributed by atoms with E-state index in [1.54, 1.807) is 11.3 Å². The van der Waals surface area contributed by atoms with Crippen LogP contribution in [0.1, 0.15) is 53.0 Å². The van der Waals surface area contributed by atoms with E-state index < -0.39 is 0 Å². The van der Waals surface area contributed by atoms with Gasteiger partial charge in [-0.15, -0.1) is 11.3 Å². The highest BCUT2D eigenvalue weighted by Crippen LogP contribution is 2.23. The van der Waals surface area contributed by atoms with Gasteiger partial charge in [0, 0.05) is 55.0 Å². The molecule has 1 unspecified atom stereocenters. The van der Waals surface area contributed by atoms with Crippen LogP contribution in [0, 0.1) is 12.8 Å². The van der Waals surface area contributed by atoms with Gasteiger partial charge in [0.25, 0.3) is 5.91 Å². The Hall–Kier alpha value is -1.96. The lowest BCUT2D eigenvalue weighted by Gasteiger charge is -2.34. The molecule has 174 valence electrons. The second-order valence-electron chi connectivity index (χ2n) is 9.17. The minimum absolute atomic E-state index is 0.0890. The van der Waals surface area contributed by atoms with Gasteiger partial charge in [-0.2, -0.15) is 0 Å². The van der Waals surface area contributed by atoms with Crippen molar-refractivity contribution in [3.05, 3.63) is 45.9 Å².